The fourth-order valence-corrected chi connectivity index (χ4v) is 3.59. The van der Waals surface area contributed by atoms with Crippen molar-refractivity contribution < 1.29 is 4.79 Å². The Morgan fingerprint density at radius 2 is 1.95 bits per heavy atom. The van der Waals surface area contributed by atoms with Crippen LogP contribution in [0.25, 0.3) is 0 Å². The minimum Gasteiger partial charge on any atom is -0.355 e. The number of rotatable bonds is 6. The van der Waals surface area contributed by atoms with Crippen molar-refractivity contribution in [1.29, 1.82) is 0 Å². The van der Waals surface area contributed by atoms with Crippen molar-refractivity contribution in [3.05, 3.63) is 0 Å². The summed E-state index contributed by atoms with van der Waals surface area (Å²) >= 11 is 6.10. The maximum atomic E-state index is 12.5. The molecule has 0 bridgehead atoms. The van der Waals surface area contributed by atoms with Crippen LogP contribution in [0.1, 0.15) is 66.2 Å². The second kappa shape index (κ2) is 6.97. The lowest BCUT2D eigenvalue weighted by atomic mass is 9.68. The Kier molecular flexibility index (Phi) is 6.16. The summed E-state index contributed by atoms with van der Waals surface area (Å²) in [6, 6.07) is 0. The van der Waals surface area contributed by atoms with E-state index < -0.39 is 0 Å². The SMILES string of the molecule is CCC(CC)(CCl)CNC(=O)C1CCCCC1(C)C. The summed E-state index contributed by atoms with van der Waals surface area (Å²) in [6.07, 6.45) is 6.66. The third-order valence-electron chi connectivity index (χ3n) is 5.24. The van der Waals surface area contributed by atoms with Crippen LogP contribution in [0.5, 0.6) is 0 Å². The van der Waals surface area contributed by atoms with Crippen molar-refractivity contribution in [3.8, 4) is 0 Å². The van der Waals surface area contributed by atoms with Crippen molar-refractivity contribution in [3.63, 3.8) is 0 Å². The largest absolute Gasteiger partial charge is 0.355 e. The van der Waals surface area contributed by atoms with E-state index in [2.05, 4.69) is 33.0 Å². The molecule has 1 saturated carbocycles. The third-order valence-corrected chi connectivity index (χ3v) is 5.81. The third kappa shape index (κ3) is 4.11. The number of carbonyl (C=O) groups is 1. The average Bonchev–Trinajstić information content (AvgIpc) is 2.40. The first-order chi connectivity index (χ1) is 8.90. The maximum absolute atomic E-state index is 12.5. The number of hydrogen-bond donors (Lipinski definition) is 1. The van der Waals surface area contributed by atoms with Crippen LogP contribution in [-0.2, 0) is 4.79 Å². The zero-order valence-electron chi connectivity index (χ0n) is 13.0. The second-order valence-electron chi connectivity index (χ2n) is 6.85. The van der Waals surface area contributed by atoms with E-state index >= 15 is 0 Å². The van der Waals surface area contributed by atoms with E-state index in [0.717, 1.165) is 32.2 Å². The predicted octanol–water partition coefficient (Wildman–Crippen LogP) is 4.36. The van der Waals surface area contributed by atoms with Crippen LogP contribution in [-0.4, -0.2) is 18.3 Å². The highest BCUT2D eigenvalue weighted by Crippen LogP contribution is 2.40. The van der Waals surface area contributed by atoms with Gasteiger partial charge in [0.25, 0.3) is 0 Å². The molecule has 19 heavy (non-hydrogen) atoms. The molecule has 1 unspecified atom stereocenters. The highest BCUT2D eigenvalue weighted by molar-refractivity contribution is 6.18. The molecule has 0 aromatic rings. The Balaban J connectivity index is 2.59. The van der Waals surface area contributed by atoms with Gasteiger partial charge in [0, 0.05) is 23.8 Å². The lowest BCUT2D eigenvalue weighted by molar-refractivity contribution is -0.130. The molecule has 0 aromatic carbocycles. The topological polar surface area (TPSA) is 29.1 Å². The molecule has 0 saturated heterocycles. The molecule has 0 spiro atoms. The molecule has 1 N–H and O–H groups in total. The van der Waals surface area contributed by atoms with E-state index in [4.69, 9.17) is 11.6 Å². The molecule has 1 atom stereocenters. The van der Waals surface area contributed by atoms with Gasteiger partial charge < -0.3 is 5.32 Å². The molecular weight excluding hydrogens is 258 g/mol. The van der Waals surface area contributed by atoms with Crippen LogP contribution in [0.4, 0.5) is 0 Å². The van der Waals surface area contributed by atoms with Crippen molar-refractivity contribution in [2.45, 2.75) is 66.2 Å². The van der Waals surface area contributed by atoms with Crippen molar-refractivity contribution >= 4 is 17.5 Å². The van der Waals surface area contributed by atoms with Crippen LogP contribution in [0.3, 0.4) is 0 Å². The van der Waals surface area contributed by atoms with Crippen LogP contribution >= 0.6 is 11.6 Å². The second-order valence-corrected chi connectivity index (χ2v) is 7.11. The first kappa shape index (κ1) is 16.8. The first-order valence-corrected chi connectivity index (χ1v) is 8.28. The van der Waals surface area contributed by atoms with Gasteiger partial charge >= 0.3 is 0 Å². The Hall–Kier alpha value is -0.240. The predicted molar refractivity (Wildman–Crippen MR) is 82.5 cm³/mol. The van der Waals surface area contributed by atoms with E-state index in [1.807, 2.05) is 0 Å². The Morgan fingerprint density at radius 3 is 2.42 bits per heavy atom. The number of hydrogen-bond acceptors (Lipinski definition) is 1. The standard InChI is InChI=1S/C16H30ClNO/c1-5-16(6-2,11-17)12-18-14(19)13-9-7-8-10-15(13,3)4/h13H,5-12H2,1-4H3,(H,18,19). The Morgan fingerprint density at radius 1 is 1.32 bits per heavy atom. The highest BCUT2D eigenvalue weighted by Gasteiger charge is 2.37. The summed E-state index contributed by atoms with van der Waals surface area (Å²) in [7, 11) is 0. The maximum Gasteiger partial charge on any atom is 0.223 e. The van der Waals surface area contributed by atoms with Gasteiger partial charge in [-0.3, -0.25) is 4.79 Å². The molecule has 0 heterocycles. The number of halogens is 1. The molecule has 1 rings (SSSR count). The normalized spacial score (nSPS) is 23.1. The number of carbonyl (C=O) groups excluding carboxylic acids is 1. The van der Waals surface area contributed by atoms with E-state index in [0.29, 0.717) is 5.88 Å². The van der Waals surface area contributed by atoms with E-state index in [9.17, 15) is 4.79 Å². The average molecular weight is 288 g/mol. The quantitative estimate of drug-likeness (QED) is 0.723. The van der Waals surface area contributed by atoms with Gasteiger partial charge in [-0.25, -0.2) is 0 Å². The number of nitrogens with one attached hydrogen (secondary N) is 1. The molecule has 0 aliphatic heterocycles. The Labute approximate surface area is 123 Å². The van der Waals surface area contributed by atoms with E-state index in [1.54, 1.807) is 0 Å². The molecule has 0 radical (unpaired) electrons. The van der Waals surface area contributed by atoms with Crippen LogP contribution in [0.15, 0.2) is 0 Å². The number of alkyl halides is 1. The minimum absolute atomic E-state index is 0.0655. The molecule has 2 nitrogen and oxygen atoms in total. The van der Waals surface area contributed by atoms with Gasteiger partial charge in [-0.1, -0.05) is 40.5 Å². The van der Waals surface area contributed by atoms with Crippen molar-refractivity contribution in [2.75, 3.05) is 12.4 Å². The summed E-state index contributed by atoms with van der Waals surface area (Å²) in [5.41, 5.74) is 0.209. The monoisotopic (exact) mass is 287 g/mol. The van der Waals surface area contributed by atoms with Gasteiger partial charge in [0.2, 0.25) is 5.91 Å². The molecule has 0 aromatic heterocycles. The lowest BCUT2D eigenvalue weighted by Gasteiger charge is -2.38. The summed E-state index contributed by atoms with van der Waals surface area (Å²) in [4.78, 5) is 12.5. The zero-order chi connectivity index (χ0) is 14.5. The highest BCUT2D eigenvalue weighted by atomic mass is 35.5. The van der Waals surface area contributed by atoms with Gasteiger partial charge in [-0.05, 0) is 31.1 Å². The lowest BCUT2D eigenvalue weighted by Crippen LogP contribution is -2.45. The first-order valence-electron chi connectivity index (χ1n) is 7.74. The van der Waals surface area contributed by atoms with Gasteiger partial charge in [0.05, 0.1) is 0 Å². The fraction of sp³-hybridized carbons (Fsp3) is 0.938. The zero-order valence-corrected chi connectivity index (χ0v) is 13.8. The molecule has 1 fully saturated rings. The molecular formula is C16H30ClNO. The minimum atomic E-state index is 0.0655. The van der Waals surface area contributed by atoms with Crippen LogP contribution in [0.2, 0.25) is 0 Å². The van der Waals surface area contributed by atoms with E-state index in [-0.39, 0.29) is 22.7 Å². The molecule has 1 aliphatic carbocycles. The molecule has 1 amide bonds. The summed E-state index contributed by atoms with van der Waals surface area (Å²) < 4.78 is 0. The van der Waals surface area contributed by atoms with E-state index in [1.165, 1.54) is 12.8 Å². The fourth-order valence-electron chi connectivity index (χ4n) is 3.11. The molecule has 3 heteroatoms. The van der Waals surface area contributed by atoms with Gasteiger partial charge in [0.15, 0.2) is 0 Å². The summed E-state index contributed by atoms with van der Waals surface area (Å²) in [5.74, 6) is 1.03. The smallest absolute Gasteiger partial charge is 0.223 e. The molecule has 112 valence electrons. The Bertz CT molecular complexity index is 289. The van der Waals surface area contributed by atoms with Gasteiger partial charge in [0.1, 0.15) is 0 Å². The molecule has 1 aliphatic rings. The van der Waals surface area contributed by atoms with Crippen molar-refractivity contribution in [1.82, 2.24) is 5.32 Å². The van der Waals surface area contributed by atoms with Gasteiger partial charge in [-0.15, -0.1) is 11.6 Å². The van der Waals surface area contributed by atoms with Crippen LogP contribution < -0.4 is 5.32 Å². The number of amides is 1. The summed E-state index contributed by atoms with van der Waals surface area (Å²) in [6.45, 7) is 9.48. The summed E-state index contributed by atoms with van der Waals surface area (Å²) in [5, 5.41) is 3.18. The van der Waals surface area contributed by atoms with Crippen molar-refractivity contribution in [2.24, 2.45) is 16.7 Å². The van der Waals surface area contributed by atoms with Gasteiger partial charge in [-0.2, -0.15) is 0 Å². The van der Waals surface area contributed by atoms with Crippen LogP contribution in [0, 0.1) is 16.7 Å².